The molecule has 0 unspecified atom stereocenters. The Labute approximate surface area is 133 Å². The summed E-state index contributed by atoms with van der Waals surface area (Å²) in [5.74, 6) is 0.676. The molecule has 1 aliphatic rings. The fourth-order valence-corrected chi connectivity index (χ4v) is 3.11. The van der Waals surface area contributed by atoms with Crippen molar-refractivity contribution in [2.75, 3.05) is 25.1 Å². The van der Waals surface area contributed by atoms with Crippen LogP contribution >= 0.6 is 38.5 Å². The highest BCUT2D eigenvalue weighted by Gasteiger charge is 2.15. The van der Waals surface area contributed by atoms with E-state index in [-0.39, 0.29) is 0 Å². The molecule has 102 valence electrons. The Morgan fingerprint density at radius 3 is 3.05 bits per heavy atom. The van der Waals surface area contributed by atoms with E-state index in [0.717, 1.165) is 52.2 Å². The lowest BCUT2D eigenvalue weighted by molar-refractivity contribution is 0.0699. The largest absolute Gasteiger partial charge is 0.382 e. The quantitative estimate of drug-likeness (QED) is 0.751. The normalized spacial score (nSPS) is 16.9. The maximum absolute atomic E-state index is 5.38. The Morgan fingerprint density at radius 2 is 2.26 bits per heavy atom. The Balaban J connectivity index is 1.79. The fourth-order valence-electron chi connectivity index (χ4n) is 2.25. The van der Waals surface area contributed by atoms with Crippen molar-refractivity contribution in [1.82, 2.24) is 14.6 Å². The number of anilines is 1. The van der Waals surface area contributed by atoms with Crippen molar-refractivity contribution in [3.8, 4) is 0 Å². The van der Waals surface area contributed by atoms with Crippen LogP contribution in [0.2, 0.25) is 0 Å². The summed E-state index contributed by atoms with van der Waals surface area (Å²) in [4.78, 5) is 4.41. The van der Waals surface area contributed by atoms with Gasteiger partial charge in [-0.05, 0) is 63.3 Å². The number of halogens is 2. The second-order valence-corrected chi connectivity index (χ2v) is 6.55. The van der Waals surface area contributed by atoms with Crippen molar-refractivity contribution in [2.45, 2.75) is 12.8 Å². The lowest BCUT2D eigenvalue weighted by Crippen LogP contribution is -2.22. The second-order valence-electron chi connectivity index (χ2n) is 4.63. The molecule has 3 heterocycles. The molecule has 0 radical (unpaired) electrons. The first-order chi connectivity index (χ1) is 9.24. The second kappa shape index (κ2) is 5.92. The standard InChI is InChI=1S/C12H14BrIN4O/c13-10-5-9(12-16-7-11(14)18(12)17-10)15-6-8-1-3-19-4-2-8/h5,7-8,15H,1-4,6H2. The average molecular weight is 437 g/mol. The van der Waals surface area contributed by atoms with Crippen LogP contribution in [-0.4, -0.2) is 34.4 Å². The molecule has 1 fully saturated rings. The summed E-state index contributed by atoms with van der Waals surface area (Å²) < 4.78 is 9.04. The van der Waals surface area contributed by atoms with Gasteiger partial charge >= 0.3 is 0 Å². The molecular formula is C12H14BrIN4O. The number of fused-ring (bicyclic) bond motifs is 1. The molecule has 1 N–H and O–H groups in total. The van der Waals surface area contributed by atoms with E-state index in [9.17, 15) is 0 Å². The van der Waals surface area contributed by atoms with E-state index in [1.807, 2.05) is 16.8 Å². The Hall–Kier alpha value is -0.410. The van der Waals surface area contributed by atoms with Gasteiger partial charge in [0.15, 0.2) is 5.65 Å². The molecule has 1 aliphatic heterocycles. The summed E-state index contributed by atoms with van der Waals surface area (Å²) in [6.45, 7) is 2.71. The molecule has 7 heteroatoms. The highest BCUT2D eigenvalue weighted by molar-refractivity contribution is 14.1. The summed E-state index contributed by atoms with van der Waals surface area (Å²) in [7, 11) is 0. The zero-order chi connectivity index (χ0) is 13.2. The van der Waals surface area contributed by atoms with Crippen LogP contribution in [0.4, 0.5) is 5.69 Å². The number of imidazole rings is 1. The number of hydrogen-bond donors (Lipinski definition) is 1. The van der Waals surface area contributed by atoms with E-state index in [1.54, 1.807) is 0 Å². The minimum absolute atomic E-state index is 0.676. The number of aromatic nitrogens is 3. The minimum Gasteiger partial charge on any atom is -0.382 e. The van der Waals surface area contributed by atoms with Gasteiger partial charge in [-0.15, -0.1) is 0 Å². The Morgan fingerprint density at radius 1 is 1.47 bits per heavy atom. The zero-order valence-corrected chi connectivity index (χ0v) is 14.0. The zero-order valence-electron chi connectivity index (χ0n) is 10.3. The van der Waals surface area contributed by atoms with E-state index in [2.05, 4.69) is 53.9 Å². The van der Waals surface area contributed by atoms with Crippen LogP contribution in [-0.2, 0) is 4.74 Å². The first kappa shape index (κ1) is 13.6. The molecule has 0 aliphatic carbocycles. The van der Waals surface area contributed by atoms with Gasteiger partial charge in [0, 0.05) is 19.8 Å². The van der Waals surface area contributed by atoms with Gasteiger partial charge in [0.1, 0.15) is 8.30 Å². The summed E-state index contributed by atoms with van der Waals surface area (Å²) in [6, 6.07) is 1.98. The van der Waals surface area contributed by atoms with Gasteiger partial charge in [0.2, 0.25) is 0 Å². The monoisotopic (exact) mass is 436 g/mol. The molecule has 0 amide bonds. The van der Waals surface area contributed by atoms with Crippen LogP contribution in [0.15, 0.2) is 16.9 Å². The van der Waals surface area contributed by atoms with Crippen molar-refractivity contribution < 1.29 is 4.74 Å². The highest BCUT2D eigenvalue weighted by atomic mass is 127. The predicted octanol–water partition coefficient (Wildman–Crippen LogP) is 2.93. The van der Waals surface area contributed by atoms with Gasteiger partial charge < -0.3 is 10.1 Å². The van der Waals surface area contributed by atoms with Crippen LogP contribution < -0.4 is 5.32 Å². The van der Waals surface area contributed by atoms with Gasteiger partial charge in [-0.25, -0.2) is 9.50 Å². The van der Waals surface area contributed by atoms with Crippen LogP contribution in [0.3, 0.4) is 0 Å². The van der Waals surface area contributed by atoms with Gasteiger partial charge in [0.05, 0.1) is 11.9 Å². The molecular weight excluding hydrogens is 423 g/mol. The van der Waals surface area contributed by atoms with Crippen molar-refractivity contribution in [3.63, 3.8) is 0 Å². The van der Waals surface area contributed by atoms with Crippen molar-refractivity contribution >= 4 is 49.9 Å². The smallest absolute Gasteiger partial charge is 0.178 e. The molecule has 0 atom stereocenters. The van der Waals surface area contributed by atoms with Crippen molar-refractivity contribution in [2.24, 2.45) is 5.92 Å². The Kier molecular flexibility index (Phi) is 4.23. The maximum Gasteiger partial charge on any atom is 0.178 e. The highest BCUT2D eigenvalue weighted by Crippen LogP contribution is 2.23. The number of hydrogen-bond acceptors (Lipinski definition) is 4. The SMILES string of the molecule is Brc1cc(NCC2CCOCC2)c2ncc(I)n2n1. The number of nitrogens with one attached hydrogen (secondary N) is 1. The van der Waals surface area contributed by atoms with Gasteiger partial charge in [-0.1, -0.05) is 0 Å². The van der Waals surface area contributed by atoms with Crippen LogP contribution in [0.1, 0.15) is 12.8 Å². The van der Waals surface area contributed by atoms with E-state index < -0.39 is 0 Å². The molecule has 0 saturated carbocycles. The molecule has 0 spiro atoms. The fraction of sp³-hybridized carbons (Fsp3) is 0.500. The summed E-state index contributed by atoms with van der Waals surface area (Å²) >= 11 is 5.68. The predicted molar refractivity (Wildman–Crippen MR) is 85.4 cm³/mol. The molecule has 2 aromatic rings. The first-order valence-electron chi connectivity index (χ1n) is 6.25. The molecule has 19 heavy (non-hydrogen) atoms. The van der Waals surface area contributed by atoms with E-state index in [0.29, 0.717) is 5.92 Å². The third-order valence-corrected chi connectivity index (χ3v) is 4.44. The Bertz CT molecular complexity index is 582. The number of nitrogens with zero attached hydrogens (tertiary/aromatic N) is 3. The molecule has 3 rings (SSSR count). The molecule has 0 aromatic carbocycles. The van der Waals surface area contributed by atoms with Gasteiger partial charge in [0.25, 0.3) is 0 Å². The van der Waals surface area contributed by atoms with E-state index in [4.69, 9.17) is 4.74 Å². The van der Waals surface area contributed by atoms with E-state index >= 15 is 0 Å². The summed E-state index contributed by atoms with van der Waals surface area (Å²) in [6.07, 6.45) is 4.08. The number of rotatable bonds is 3. The van der Waals surface area contributed by atoms with Crippen molar-refractivity contribution in [3.05, 3.63) is 20.6 Å². The van der Waals surface area contributed by atoms with E-state index in [1.165, 1.54) is 0 Å². The van der Waals surface area contributed by atoms with Crippen LogP contribution in [0, 0.1) is 9.62 Å². The summed E-state index contributed by atoms with van der Waals surface area (Å²) in [5, 5.41) is 7.89. The van der Waals surface area contributed by atoms with Crippen LogP contribution in [0.5, 0.6) is 0 Å². The molecule has 2 aromatic heterocycles. The minimum atomic E-state index is 0.676. The lowest BCUT2D eigenvalue weighted by Gasteiger charge is -2.22. The van der Waals surface area contributed by atoms with Crippen LogP contribution in [0.25, 0.3) is 5.65 Å². The first-order valence-corrected chi connectivity index (χ1v) is 8.12. The third kappa shape index (κ3) is 3.03. The third-order valence-electron chi connectivity index (χ3n) is 3.32. The molecule has 5 nitrogen and oxygen atoms in total. The average Bonchev–Trinajstić information content (AvgIpc) is 2.79. The summed E-state index contributed by atoms with van der Waals surface area (Å²) in [5.41, 5.74) is 1.90. The topological polar surface area (TPSA) is 51.5 Å². The van der Waals surface area contributed by atoms with Crippen molar-refractivity contribution in [1.29, 1.82) is 0 Å². The lowest BCUT2D eigenvalue weighted by atomic mass is 10.0. The van der Waals surface area contributed by atoms with Gasteiger partial charge in [-0.2, -0.15) is 5.10 Å². The molecule has 1 saturated heterocycles. The maximum atomic E-state index is 5.38. The molecule has 0 bridgehead atoms. The van der Waals surface area contributed by atoms with Gasteiger partial charge in [-0.3, -0.25) is 0 Å². The number of ether oxygens (including phenoxy) is 1.